The number of hydrogen-bond acceptors (Lipinski definition) is 4. The Kier molecular flexibility index (Phi) is 5.67. The molecule has 0 radical (unpaired) electrons. The van der Waals surface area contributed by atoms with Crippen LogP contribution < -0.4 is 10.2 Å². The molecule has 1 N–H and O–H groups in total. The number of hydrogen-bond donors (Lipinski definition) is 1. The Hall–Kier alpha value is -2.73. The van der Waals surface area contributed by atoms with Crippen LogP contribution in [0.5, 0.6) is 0 Å². The Balaban J connectivity index is 1.43. The standard InChI is InChI=1S/C22H21BrN4O/c23-18-6-4-5-17(15-18)22(28)24-19-9-7-16(8-10-19)20-11-12-21(26-25-20)27-13-2-1-3-14-27/h4-12,15H,1-3,13-14H2,(H,24,28). The van der Waals surface area contributed by atoms with Gasteiger partial charge in [-0.3, -0.25) is 4.79 Å². The molecule has 4 rings (SSSR count). The van der Waals surface area contributed by atoms with E-state index in [0.29, 0.717) is 5.56 Å². The summed E-state index contributed by atoms with van der Waals surface area (Å²) in [5.74, 6) is 0.807. The number of nitrogens with zero attached hydrogens (tertiary/aromatic N) is 3. The summed E-state index contributed by atoms with van der Waals surface area (Å²) in [5.41, 5.74) is 3.15. The average molecular weight is 437 g/mol. The fourth-order valence-electron chi connectivity index (χ4n) is 3.33. The minimum absolute atomic E-state index is 0.139. The molecule has 1 aliphatic heterocycles. The van der Waals surface area contributed by atoms with Crippen LogP contribution in [0.2, 0.25) is 0 Å². The van der Waals surface area contributed by atoms with Gasteiger partial charge in [-0.25, -0.2) is 0 Å². The van der Waals surface area contributed by atoms with Crippen LogP contribution >= 0.6 is 15.9 Å². The molecule has 1 fully saturated rings. The second-order valence-corrected chi connectivity index (χ2v) is 7.78. The van der Waals surface area contributed by atoms with E-state index in [1.807, 2.05) is 48.5 Å². The largest absolute Gasteiger partial charge is 0.355 e. The summed E-state index contributed by atoms with van der Waals surface area (Å²) in [4.78, 5) is 14.6. The van der Waals surface area contributed by atoms with Crippen molar-refractivity contribution in [3.05, 3.63) is 70.7 Å². The van der Waals surface area contributed by atoms with Gasteiger partial charge in [0.25, 0.3) is 5.91 Å². The van der Waals surface area contributed by atoms with E-state index < -0.39 is 0 Å². The van der Waals surface area contributed by atoms with Crippen LogP contribution in [-0.4, -0.2) is 29.2 Å². The van der Waals surface area contributed by atoms with E-state index in [0.717, 1.165) is 40.3 Å². The van der Waals surface area contributed by atoms with Gasteiger partial charge in [0.15, 0.2) is 5.82 Å². The smallest absolute Gasteiger partial charge is 0.255 e. The van der Waals surface area contributed by atoms with Crippen molar-refractivity contribution in [3.63, 3.8) is 0 Å². The lowest BCUT2D eigenvalue weighted by Crippen LogP contribution is -2.30. The minimum atomic E-state index is -0.139. The molecule has 0 unspecified atom stereocenters. The molecule has 6 heteroatoms. The van der Waals surface area contributed by atoms with Crippen molar-refractivity contribution in [1.29, 1.82) is 0 Å². The Bertz CT molecular complexity index is 951. The first-order valence-electron chi connectivity index (χ1n) is 9.45. The Morgan fingerprint density at radius 3 is 2.39 bits per heavy atom. The van der Waals surface area contributed by atoms with Gasteiger partial charge in [-0.05, 0) is 61.7 Å². The van der Waals surface area contributed by atoms with E-state index in [1.165, 1.54) is 19.3 Å². The third-order valence-electron chi connectivity index (χ3n) is 4.86. The zero-order chi connectivity index (χ0) is 19.3. The third-order valence-corrected chi connectivity index (χ3v) is 5.35. The maximum absolute atomic E-state index is 12.4. The van der Waals surface area contributed by atoms with Gasteiger partial charge < -0.3 is 10.2 Å². The number of anilines is 2. The first-order chi connectivity index (χ1) is 13.7. The molecule has 0 saturated carbocycles. The van der Waals surface area contributed by atoms with Gasteiger partial charge in [-0.1, -0.05) is 34.1 Å². The van der Waals surface area contributed by atoms with Gasteiger partial charge in [0, 0.05) is 34.4 Å². The molecule has 1 saturated heterocycles. The van der Waals surface area contributed by atoms with E-state index in [1.54, 1.807) is 12.1 Å². The number of amides is 1. The van der Waals surface area contributed by atoms with Crippen molar-refractivity contribution in [2.24, 2.45) is 0 Å². The summed E-state index contributed by atoms with van der Waals surface area (Å²) >= 11 is 3.39. The molecule has 0 spiro atoms. The lowest BCUT2D eigenvalue weighted by molar-refractivity contribution is 0.102. The van der Waals surface area contributed by atoms with Gasteiger partial charge >= 0.3 is 0 Å². The van der Waals surface area contributed by atoms with E-state index >= 15 is 0 Å². The molecule has 2 aromatic carbocycles. The Labute approximate surface area is 172 Å². The summed E-state index contributed by atoms with van der Waals surface area (Å²) in [7, 11) is 0. The number of nitrogens with one attached hydrogen (secondary N) is 1. The normalized spacial score (nSPS) is 14.0. The number of carbonyl (C=O) groups is 1. The number of piperidine rings is 1. The lowest BCUT2D eigenvalue weighted by atomic mass is 10.1. The third kappa shape index (κ3) is 4.39. The molecule has 142 valence electrons. The maximum atomic E-state index is 12.4. The van der Waals surface area contributed by atoms with Crippen molar-refractivity contribution in [1.82, 2.24) is 10.2 Å². The highest BCUT2D eigenvalue weighted by atomic mass is 79.9. The van der Waals surface area contributed by atoms with Gasteiger partial charge in [0.05, 0.1) is 5.69 Å². The fourth-order valence-corrected chi connectivity index (χ4v) is 3.73. The van der Waals surface area contributed by atoms with Gasteiger partial charge in [0.1, 0.15) is 0 Å². The molecule has 0 atom stereocenters. The highest BCUT2D eigenvalue weighted by molar-refractivity contribution is 9.10. The molecule has 0 bridgehead atoms. The first kappa shape index (κ1) is 18.6. The summed E-state index contributed by atoms with van der Waals surface area (Å²) in [6, 6.07) is 19.0. The van der Waals surface area contributed by atoms with Crippen LogP contribution in [0.3, 0.4) is 0 Å². The Morgan fingerprint density at radius 2 is 1.71 bits per heavy atom. The van der Waals surface area contributed by atoms with E-state index in [-0.39, 0.29) is 5.91 Å². The van der Waals surface area contributed by atoms with Crippen molar-refractivity contribution in [3.8, 4) is 11.3 Å². The number of aromatic nitrogens is 2. The molecule has 1 amide bonds. The number of benzene rings is 2. The summed E-state index contributed by atoms with van der Waals surface area (Å²) in [6.45, 7) is 2.11. The second kappa shape index (κ2) is 8.52. The number of carbonyl (C=O) groups excluding carboxylic acids is 1. The quantitative estimate of drug-likeness (QED) is 0.614. The van der Waals surface area contributed by atoms with Crippen LogP contribution in [0.1, 0.15) is 29.6 Å². The fraction of sp³-hybridized carbons (Fsp3) is 0.227. The number of rotatable bonds is 4. The molecular formula is C22H21BrN4O. The predicted octanol–water partition coefficient (Wildman–Crippen LogP) is 5.15. The van der Waals surface area contributed by atoms with E-state index in [4.69, 9.17) is 0 Å². The van der Waals surface area contributed by atoms with E-state index in [9.17, 15) is 4.79 Å². The summed E-state index contributed by atoms with van der Waals surface area (Å²) < 4.78 is 0.877. The zero-order valence-electron chi connectivity index (χ0n) is 15.4. The molecule has 0 aliphatic carbocycles. The predicted molar refractivity (Wildman–Crippen MR) is 116 cm³/mol. The molecule has 3 aromatic rings. The van der Waals surface area contributed by atoms with Crippen LogP contribution in [0, 0.1) is 0 Å². The summed E-state index contributed by atoms with van der Waals surface area (Å²) in [6.07, 6.45) is 3.74. The van der Waals surface area contributed by atoms with Crippen molar-refractivity contribution < 1.29 is 4.79 Å². The maximum Gasteiger partial charge on any atom is 0.255 e. The highest BCUT2D eigenvalue weighted by Crippen LogP contribution is 2.23. The first-order valence-corrected chi connectivity index (χ1v) is 10.2. The van der Waals surface area contributed by atoms with Gasteiger partial charge in [-0.2, -0.15) is 0 Å². The lowest BCUT2D eigenvalue weighted by Gasteiger charge is -2.27. The van der Waals surface area contributed by atoms with Gasteiger partial charge in [0.2, 0.25) is 0 Å². The monoisotopic (exact) mass is 436 g/mol. The van der Waals surface area contributed by atoms with Crippen LogP contribution in [0.4, 0.5) is 11.5 Å². The highest BCUT2D eigenvalue weighted by Gasteiger charge is 2.13. The minimum Gasteiger partial charge on any atom is -0.355 e. The SMILES string of the molecule is O=C(Nc1ccc(-c2ccc(N3CCCCC3)nn2)cc1)c1cccc(Br)c1. The van der Waals surface area contributed by atoms with Crippen molar-refractivity contribution >= 4 is 33.3 Å². The van der Waals surface area contributed by atoms with Crippen LogP contribution in [0.15, 0.2) is 65.1 Å². The molecular weight excluding hydrogens is 416 g/mol. The zero-order valence-corrected chi connectivity index (χ0v) is 17.0. The van der Waals surface area contributed by atoms with Crippen LogP contribution in [0.25, 0.3) is 11.3 Å². The van der Waals surface area contributed by atoms with Crippen molar-refractivity contribution in [2.75, 3.05) is 23.3 Å². The summed E-state index contributed by atoms with van der Waals surface area (Å²) in [5, 5.41) is 11.7. The van der Waals surface area contributed by atoms with Gasteiger partial charge in [-0.15, -0.1) is 10.2 Å². The van der Waals surface area contributed by atoms with Crippen LogP contribution in [-0.2, 0) is 0 Å². The molecule has 1 aromatic heterocycles. The average Bonchev–Trinajstić information content (AvgIpc) is 2.75. The number of halogens is 1. The Morgan fingerprint density at radius 1 is 0.929 bits per heavy atom. The topological polar surface area (TPSA) is 58.1 Å². The van der Waals surface area contributed by atoms with Crippen molar-refractivity contribution in [2.45, 2.75) is 19.3 Å². The molecule has 5 nitrogen and oxygen atoms in total. The molecule has 2 heterocycles. The molecule has 28 heavy (non-hydrogen) atoms. The van der Waals surface area contributed by atoms with E-state index in [2.05, 4.69) is 36.3 Å². The second-order valence-electron chi connectivity index (χ2n) is 6.87. The molecule has 1 aliphatic rings.